The van der Waals surface area contributed by atoms with Crippen molar-refractivity contribution >= 4 is 5.91 Å². The summed E-state index contributed by atoms with van der Waals surface area (Å²) < 4.78 is 0. The number of amides is 1. The van der Waals surface area contributed by atoms with Crippen LogP contribution in [0.1, 0.15) is 22.3 Å². The third-order valence-electron chi connectivity index (χ3n) is 2.69. The number of nitriles is 1. The van der Waals surface area contributed by atoms with Gasteiger partial charge in [0, 0.05) is 18.7 Å². The van der Waals surface area contributed by atoms with Crippen LogP contribution in [0.3, 0.4) is 0 Å². The molecule has 0 radical (unpaired) electrons. The summed E-state index contributed by atoms with van der Waals surface area (Å²) in [6, 6.07) is 8.62. The molecule has 1 saturated heterocycles. The zero-order chi connectivity index (χ0) is 11.5. The van der Waals surface area contributed by atoms with Gasteiger partial charge in [-0.2, -0.15) is 5.26 Å². The molecule has 0 unspecified atom stereocenters. The van der Waals surface area contributed by atoms with Gasteiger partial charge in [0.2, 0.25) is 0 Å². The van der Waals surface area contributed by atoms with Gasteiger partial charge >= 0.3 is 0 Å². The normalized spacial score (nSPS) is 19.5. The molecule has 1 heterocycles. The minimum absolute atomic E-state index is 0.117. The van der Waals surface area contributed by atoms with E-state index in [-0.39, 0.29) is 5.91 Å². The van der Waals surface area contributed by atoms with Crippen LogP contribution in [0.5, 0.6) is 0 Å². The van der Waals surface area contributed by atoms with Gasteiger partial charge in [-0.3, -0.25) is 4.79 Å². The van der Waals surface area contributed by atoms with Crippen LogP contribution in [-0.2, 0) is 0 Å². The summed E-state index contributed by atoms with van der Waals surface area (Å²) in [7, 11) is 0. The number of benzene rings is 1. The van der Waals surface area contributed by atoms with Crippen molar-refractivity contribution < 1.29 is 9.90 Å². The van der Waals surface area contributed by atoms with Crippen molar-refractivity contribution in [1.82, 2.24) is 4.90 Å². The molecular formula is C12H12N2O2. The van der Waals surface area contributed by atoms with Gasteiger partial charge in [-0.05, 0) is 24.6 Å². The average molecular weight is 216 g/mol. The number of rotatable bonds is 1. The van der Waals surface area contributed by atoms with Gasteiger partial charge in [0.25, 0.3) is 5.91 Å². The standard InChI is InChI=1S/C12H12N2O2/c13-7-9-2-1-3-10(6-9)12(16)14-5-4-11(15)8-14/h1-3,6,11,15H,4-5,8H2/t11-/m0/s1. The second-order valence-electron chi connectivity index (χ2n) is 3.89. The maximum atomic E-state index is 12.0. The van der Waals surface area contributed by atoms with Crippen molar-refractivity contribution in [1.29, 1.82) is 5.26 Å². The number of hydrogen-bond donors (Lipinski definition) is 1. The maximum Gasteiger partial charge on any atom is 0.253 e. The molecule has 0 saturated carbocycles. The molecule has 1 aromatic rings. The Morgan fingerprint density at radius 2 is 2.38 bits per heavy atom. The molecule has 1 amide bonds. The molecule has 1 aliphatic rings. The third-order valence-corrected chi connectivity index (χ3v) is 2.69. The highest BCUT2D eigenvalue weighted by molar-refractivity contribution is 5.94. The molecule has 4 nitrogen and oxygen atoms in total. The first-order chi connectivity index (χ1) is 7.70. The Morgan fingerprint density at radius 3 is 3.00 bits per heavy atom. The second kappa shape index (κ2) is 4.33. The van der Waals surface area contributed by atoms with Crippen LogP contribution in [-0.4, -0.2) is 35.1 Å². The molecule has 0 spiro atoms. The molecule has 82 valence electrons. The molecule has 4 heteroatoms. The van der Waals surface area contributed by atoms with Crippen molar-refractivity contribution in [3.05, 3.63) is 35.4 Å². The molecule has 1 atom stereocenters. The van der Waals surface area contributed by atoms with E-state index in [1.54, 1.807) is 29.2 Å². The van der Waals surface area contributed by atoms with E-state index in [0.29, 0.717) is 30.6 Å². The Morgan fingerprint density at radius 1 is 1.56 bits per heavy atom. The Bertz CT molecular complexity index is 451. The molecule has 0 aromatic heterocycles. The van der Waals surface area contributed by atoms with Crippen LogP contribution in [0, 0.1) is 11.3 Å². The van der Waals surface area contributed by atoms with Gasteiger partial charge in [-0.15, -0.1) is 0 Å². The Hall–Kier alpha value is -1.86. The average Bonchev–Trinajstić information content (AvgIpc) is 2.75. The lowest BCUT2D eigenvalue weighted by Crippen LogP contribution is -2.29. The van der Waals surface area contributed by atoms with E-state index in [1.807, 2.05) is 6.07 Å². The number of carbonyl (C=O) groups is 1. The second-order valence-corrected chi connectivity index (χ2v) is 3.89. The molecule has 0 bridgehead atoms. The highest BCUT2D eigenvalue weighted by atomic mass is 16.3. The Balaban J connectivity index is 2.18. The summed E-state index contributed by atoms with van der Waals surface area (Å²) >= 11 is 0. The molecular weight excluding hydrogens is 204 g/mol. The van der Waals surface area contributed by atoms with E-state index < -0.39 is 6.10 Å². The zero-order valence-corrected chi connectivity index (χ0v) is 8.76. The summed E-state index contributed by atoms with van der Waals surface area (Å²) in [6.07, 6.45) is 0.215. The van der Waals surface area contributed by atoms with Crippen molar-refractivity contribution in [2.75, 3.05) is 13.1 Å². The SMILES string of the molecule is N#Cc1cccc(C(=O)N2CC[C@H](O)C2)c1. The van der Waals surface area contributed by atoms with E-state index in [9.17, 15) is 9.90 Å². The van der Waals surface area contributed by atoms with Crippen molar-refractivity contribution in [2.24, 2.45) is 0 Å². The smallest absolute Gasteiger partial charge is 0.253 e. The van der Waals surface area contributed by atoms with E-state index in [4.69, 9.17) is 5.26 Å². The maximum absolute atomic E-state index is 12.0. The first-order valence-electron chi connectivity index (χ1n) is 5.18. The quantitative estimate of drug-likeness (QED) is 0.754. The number of aliphatic hydroxyl groups excluding tert-OH is 1. The fraction of sp³-hybridized carbons (Fsp3) is 0.333. The molecule has 0 aliphatic carbocycles. The van der Waals surface area contributed by atoms with Gasteiger partial charge in [0.15, 0.2) is 0 Å². The van der Waals surface area contributed by atoms with Crippen LogP contribution < -0.4 is 0 Å². The lowest BCUT2D eigenvalue weighted by atomic mass is 10.1. The monoisotopic (exact) mass is 216 g/mol. The van der Waals surface area contributed by atoms with Crippen molar-refractivity contribution in [3.8, 4) is 6.07 Å². The minimum Gasteiger partial charge on any atom is -0.391 e. The molecule has 1 aliphatic heterocycles. The Kier molecular flexibility index (Phi) is 2.88. The van der Waals surface area contributed by atoms with E-state index in [0.717, 1.165) is 0 Å². The third kappa shape index (κ3) is 2.05. The summed E-state index contributed by atoms with van der Waals surface area (Å²) in [5.41, 5.74) is 0.985. The highest BCUT2D eigenvalue weighted by Crippen LogP contribution is 2.14. The molecule has 16 heavy (non-hydrogen) atoms. The summed E-state index contributed by atoms with van der Waals surface area (Å²) in [5, 5.41) is 18.1. The van der Waals surface area contributed by atoms with Crippen molar-refractivity contribution in [3.63, 3.8) is 0 Å². The first kappa shape index (κ1) is 10.7. The van der Waals surface area contributed by atoms with Gasteiger partial charge in [0.1, 0.15) is 0 Å². The van der Waals surface area contributed by atoms with Gasteiger partial charge < -0.3 is 10.0 Å². The van der Waals surface area contributed by atoms with Gasteiger partial charge in [-0.1, -0.05) is 6.07 Å². The highest BCUT2D eigenvalue weighted by Gasteiger charge is 2.25. The predicted molar refractivity (Wildman–Crippen MR) is 57.7 cm³/mol. The zero-order valence-electron chi connectivity index (χ0n) is 8.76. The summed E-state index contributed by atoms with van der Waals surface area (Å²) in [5.74, 6) is -0.117. The number of nitrogens with zero attached hydrogens (tertiary/aromatic N) is 2. The molecule has 2 rings (SSSR count). The van der Waals surface area contributed by atoms with E-state index in [2.05, 4.69) is 0 Å². The summed E-state index contributed by atoms with van der Waals surface area (Å²) in [6.45, 7) is 0.965. The number of aliphatic hydroxyl groups is 1. The summed E-state index contributed by atoms with van der Waals surface area (Å²) in [4.78, 5) is 13.6. The van der Waals surface area contributed by atoms with Crippen LogP contribution in [0.15, 0.2) is 24.3 Å². The number of likely N-dealkylation sites (tertiary alicyclic amines) is 1. The molecule has 1 fully saturated rings. The molecule has 1 N–H and O–H groups in total. The van der Waals surface area contributed by atoms with E-state index >= 15 is 0 Å². The first-order valence-corrected chi connectivity index (χ1v) is 5.18. The topological polar surface area (TPSA) is 64.3 Å². The van der Waals surface area contributed by atoms with Crippen LogP contribution in [0.2, 0.25) is 0 Å². The fourth-order valence-electron chi connectivity index (χ4n) is 1.83. The van der Waals surface area contributed by atoms with Crippen LogP contribution in [0.25, 0.3) is 0 Å². The van der Waals surface area contributed by atoms with Crippen molar-refractivity contribution in [2.45, 2.75) is 12.5 Å². The number of β-amino-alcohol motifs (C(OH)–C–C–N with tert-alkyl or cyclic N) is 1. The van der Waals surface area contributed by atoms with Gasteiger partial charge in [-0.25, -0.2) is 0 Å². The number of carbonyl (C=O) groups excluding carboxylic acids is 1. The Labute approximate surface area is 93.7 Å². The lowest BCUT2D eigenvalue weighted by Gasteiger charge is -2.15. The largest absolute Gasteiger partial charge is 0.391 e. The van der Waals surface area contributed by atoms with Crippen LogP contribution >= 0.6 is 0 Å². The van der Waals surface area contributed by atoms with Crippen LogP contribution in [0.4, 0.5) is 0 Å². The molecule has 1 aromatic carbocycles. The minimum atomic E-state index is -0.414. The lowest BCUT2D eigenvalue weighted by molar-refractivity contribution is 0.0765. The number of hydrogen-bond acceptors (Lipinski definition) is 3. The van der Waals surface area contributed by atoms with Gasteiger partial charge in [0.05, 0.1) is 17.7 Å². The fourth-order valence-corrected chi connectivity index (χ4v) is 1.83. The van der Waals surface area contributed by atoms with E-state index in [1.165, 1.54) is 0 Å². The predicted octanol–water partition coefficient (Wildman–Crippen LogP) is 0.765.